The van der Waals surface area contributed by atoms with E-state index in [4.69, 9.17) is 9.84 Å². The van der Waals surface area contributed by atoms with Crippen molar-refractivity contribution in [3.8, 4) is 5.75 Å². The van der Waals surface area contributed by atoms with Gasteiger partial charge in [-0.05, 0) is 25.1 Å². The van der Waals surface area contributed by atoms with Crippen molar-refractivity contribution in [2.24, 2.45) is 0 Å². The van der Waals surface area contributed by atoms with E-state index in [1.54, 1.807) is 18.5 Å². The standard InChI is InChI=1S/C16H19N3O4/c1-10-13(18-9-17-10)6-19-7-14(20)15(8-19)23-12-4-2-3-11(5-12)16(21)22/h2-5,9,14-15,20H,6-8H2,1H3,(H,17,18)(H,21,22)/t14-,15-/m1/s1. The number of benzene rings is 1. The molecule has 3 N–H and O–H groups in total. The molecule has 1 aromatic heterocycles. The average Bonchev–Trinajstić information content (AvgIpc) is 3.06. The van der Waals surface area contributed by atoms with Crippen LogP contribution >= 0.6 is 0 Å². The smallest absolute Gasteiger partial charge is 0.335 e. The van der Waals surface area contributed by atoms with Crippen molar-refractivity contribution in [3.05, 3.63) is 47.5 Å². The van der Waals surface area contributed by atoms with Crippen LogP contribution in [0.25, 0.3) is 0 Å². The molecule has 122 valence electrons. The number of aliphatic hydroxyl groups is 1. The number of nitrogens with zero attached hydrogens (tertiary/aromatic N) is 2. The second-order valence-electron chi connectivity index (χ2n) is 5.72. The molecule has 1 aromatic carbocycles. The first kappa shape index (κ1) is 15.5. The number of likely N-dealkylation sites (tertiary alicyclic amines) is 1. The lowest BCUT2D eigenvalue weighted by Crippen LogP contribution is -2.30. The van der Waals surface area contributed by atoms with Crippen molar-refractivity contribution in [2.75, 3.05) is 13.1 Å². The third-order valence-corrected chi connectivity index (χ3v) is 3.99. The van der Waals surface area contributed by atoms with Crippen LogP contribution in [0.1, 0.15) is 21.7 Å². The zero-order valence-corrected chi connectivity index (χ0v) is 12.8. The lowest BCUT2D eigenvalue weighted by Gasteiger charge is -2.17. The number of aryl methyl sites for hydroxylation is 1. The van der Waals surface area contributed by atoms with E-state index in [1.807, 2.05) is 6.92 Å². The highest BCUT2D eigenvalue weighted by Gasteiger charge is 2.33. The summed E-state index contributed by atoms with van der Waals surface area (Å²) >= 11 is 0. The van der Waals surface area contributed by atoms with E-state index in [9.17, 15) is 9.90 Å². The Hall–Kier alpha value is -2.38. The maximum Gasteiger partial charge on any atom is 0.335 e. The first-order valence-corrected chi connectivity index (χ1v) is 7.42. The summed E-state index contributed by atoms with van der Waals surface area (Å²) in [7, 11) is 0. The maximum atomic E-state index is 11.0. The quantitative estimate of drug-likeness (QED) is 0.762. The molecule has 1 aliphatic heterocycles. The molecule has 0 saturated carbocycles. The van der Waals surface area contributed by atoms with Crippen molar-refractivity contribution < 1.29 is 19.7 Å². The highest BCUT2D eigenvalue weighted by Crippen LogP contribution is 2.21. The third-order valence-electron chi connectivity index (χ3n) is 3.99. The van der Waals surface area contributed by atoms with Gasteiger partial charge in [-0.15, -0.1) is 0 Å². The monoisotopic (exact) mass is 317 g/mol. The zero-order chi connectivity index (χ0) is 16.4. The highest BCUT2D eigenvalue weighted by atomic mass is 16.5. The van der Waals surface area contributed by atoms with Crippen LogP contribution in [-0.2, 0) is 6.54 Å². The number of aromatic nitrogens is 2. The van der Waals surface area contributed by atoms with Crippen molar-refractivity contribution in [2.45, 2.75) is 25.7 Å². The molecule has 7 nitrogen and oxygen atoms in total. The number of carbonyl (C=O) groups is 1. The summed E-state index contributed by atoms with van der Waals surface area (Å²) in [6.07, 6.45) is 0.642. The van der Waals surface area contributed by atoms with Crippen LogP contribution in [0, 0.1) is 6.92 Å². The van der Waals surface area contributed by atoms with Crippen LogP contribution in [-0.4, -0.2) is 56.3 Å². The van der Waals surface area contributed by atoms with Crippen LogP contribution in [0.5, 0.6) is 5.75 Å². The van der Waals surface area contributed by atoms with Gasteiger partial charge in [0.05, 0.1) is 17.6 Å². The number of carboxylic acid groups (broad SMARTS) is 1. The Labute approximate surface area is 133 Å². The fourth-order valence-corrected chi connectivity index (χ4v) is 2.71. The molecule has 2 atom stereocenters. The number of hydrogen-bond donors (Lipinski definition) is 3. The number of H-pyrrole nitrogens is 1. The molecule has 1 fully saturated rings. The maximum absolute atomic E-state index is 11.0. The fourth-order valence-electron chi connectivity index (χ4n) is 2.71. The molecule has 0 aliphatic carbocycles. The third kappa shape index (κ3) is 3.52. The van der Waals surface area contributed by atoms with E-state index in [-0.39, 0.29) is 5.56 Å². The number of β-amino-alcohol motifs (C(OH)–C–C–N with tert-alkyl or cyclic N) is 1. The van der Waals surface area contributed by atoms with Crippen molar-refractivity contribution in [1.29, 1.82) is 0 Å². The molecular weight excluding hydrogens is 298 g/mol. The normalized spacial score (nSPS) is 21.5. The number of aromatic amines is 1. The first-order valence-electron chi connectivity index (χ1n) is 7.42. The summed E-state index contributed by atoms with van der Waals surface area (Å²) in [5, 5.41) is 19.2. The van der Waals surface area contributed by atoms with E-state index in [0.717, 1.165) is 11.4 Å². The summed E-state index contributed by atoms with van der Waals surface area (Å²) in [6, 6.07) is 6.30. The van der Waals surface area contributed by atoms with E-state index in [0.29, 0.717) is 25.4 Å². The topological polar surface area (TPSA) is 98.7 Å². The molecule has 1 aliphatic rings. The molecular formula is C16H19N3O4. The van der Waals surface area contributed by atoms with Gasteiger partial charge in [-0.2, -0.15) is 0 Å². The Kier molecular flexibility index (Phi) is 4.31. The minimum Gasteiger partial charge on any atom is -0.486 e. The van der Waals surface area contributed by atoms with Crippen molar-refractivity contribution in [3.63, 3.8) is 0 Å². The Morgan fingerprint density at radius 2 is 2.30 bits per heavy atom. The second kappa shape index (κ2) is 6.39. The van der Waals surface area contributed by atoms with Crippen LogP contribution in [0.3, 0.4) is 0 Å². The molecule has 2 aromatic rings. The SMILES string of the molecule is Cc1[nH]cnc1CN1C[C@@H](O)[C@H](Oc2cccc(C(=O)O)c2)C1. The van der Waals surface area contributed by atoms with E-state index < -0.39 is 18.2 Å². The average molecular weight is 317 g/mol. The van der Waals surface area contributed by atoms with Gasteiger partial charge in [0.15, 0.2) is 0 Å². The number of aromatic carboxylic acids is 1. The number of imidazole rings is 1. The zero-order valence-electron chi connectivity index (χ0n) is 12.8. The summed E-state index contributed by atoms with van der Waals surface area (Å²) in [5.41, 5.74) is 2.13. The van der Waals surface area contributed by atoms with Gasteiger partial charge in [-0.3, -0.25) is 4.90 Å². The van der Waals surface area contributed by atoms with Gasteiger partial charge in [0, 0.05) is 25.3 Å². The molecule has 0 unspecified atom stereocenters. The number of aliphatic hydroxyl groups excluding tert-OH is 1. The lowest BCUT2D eigenvalue weighted by atomic mass is 10.2. The summed E-state index contributed by atoms with van der Waals surface area (Å²) in [4.78, 5) is 20.4. The molecule has 1 saturated heterocycles. The molecule has 0 bridgehead atoms. The fraction of sp³-hybridized carbons (Fsp3) is 0.375. The van der Waals surface area contributed by atoms with Crippen LogP contribution in [0.15, 0.2) is 30.6 Å². The summed E-state index contributed by atoms with van der Waals surface area (Å²) in [5.74, 6) is -0.551. The second-order valence-corrected chi connectivity index (χ2v) is 5.72. The predicted molar refractivity (Wildman–Crippen MR) is 82.4 cm³/mol. The minimum absolute atomic E-state index is 0.166. The van der Waals surface area contributed by atoms with Crippen LogP contribution in [0.4, 0.5) is 0 Å². The Morgan fingerprint density at radius 3 is 3.00 bits per heavy atom. The van der Waals surface area contributed by atoms with Gasteiger partial charge in [-0.25, -0.2) is 9.78 Å². The molecule has 0 spiro atoms. The summed E-state index contributed by atoms with van der Waals surface area (Å²) in [6.45, 7) is 3.65. The largest absolute Gasteiger partial charge is 0.486 e. The van der Waals surface area contributed by atoms with Gasteiger partial charge < -0.3 is 19.9 Å². The number of ether oxygens (including phenoxy) is 1. The summed E-state index contributed by atoms with van der Waals surface area (Å²) < 4.78 is 5.77. The Morgan fingerprint density at radius 1 is 1.48 bits per heavy atom. The number of rotatable bonds is 5. The lowest BCUT2D eigenvalue weighted by molar-refractivity contribution is 0.0688. The van der Waals surface area contributed by atoms with Crippen LogP contribution < -0.4 is 4.74 Å². The Balaban J connectivity index is 1.64. The number of hydrogen-bond acceptors (Lipinski definition) is 5. The van der Waals surface area contributed by atoms with Gasteiger partial charge >= 0.3 is 5.97 Å². The first-order chi connectivity index (χ1) is 11.0. The predicted octanol–water partition coefficient (Wildman–Crippen LogP) is 1.04. The molecule has 3 rings (SSSR count). The minimum atomic E-state index is -1.00. The molecule has 7 heteroatoms. The van der Waals surface area contributed by atoms with Gasteiger partial charge in [0.1, 0.15) is 18.0 Å². The molecule has 0 amide bonds. The highest BCUT2D eigenvalue weighted by molar-refractivity contribution is 5.88. The van der Waals surface area contributed by atoms with Crippen molar-refractivity contribution in [1.82, 2.24) is 14.9 Å². The van der Waals surface area contributed by atoms with E-state index in [2.05, 4.69) is 14.9 Å². The van der Waals surface area contributed by atoms with Crippen molar-refractivity contribution >= 4 is 5.97 Å². The van der Waals surface area contributed by atoms with Gasteiger partial charge in [0.25, 0.3) is 0 Å². The molecule has 2 heterocycles. The molecule has 0 radical (unpaired) electrons. The molecule has 23 heavy (non-hydrogen) atoms. The van der Waals surface area contributed by atoms with Gasteiger partial charge in [-0.1, -0.05) is 6.07 Å². The van der Waals surface area contributed by atoms with E-state index in [1.165, 1.54) is 12.1 Å². The number of nitrogens with one attached hydrogen (secondary N) is 1. The number of carboxylic acids is 1. The van der Waals surface area contributed by atoms with Gasteiger partial charge in [0.2, 0.25) is 0 Å². The Bertz CT molecular complexity index is 700. The van der Waals surface area contributed by atoms with E-state index >= 15 is 0 Å². The van der Waals surface area contributed by atoms with Crippen LogP contribution in [0.2, 0.25) is 0 Å².